The van der Waals surface area contributed by atoms with Crippen LogP contribution in [0.3, 0.4) is 0 Å². The summed E-state index contributed by atoms with van der Waals surface area (Å²) < 4.78 is 5.53. The van der Waals surface area contributed by atoms with Gasteiger partial charge in [0.2, 0.25) is 0 Å². The summed E-state index contributed by atoms with van der Waals surface area (Å²) in [5.74, 6) is 0.777. The molecule has 1 aliphatic rings. The van der Waals surface area contributed by atoms with E-state index >= 15 is 0 Å². The third kappa shape index (κ3) is 1.92. The van der Waals surface area contributed by atoms with Crippen LogP contribution in [0.5, 0.6) is 5.75 Å². The first-order valence-electron chi connectivity index (χ1n) is 4.59. The van der Waals surface area contributed by atoms with Crippen LogP contribution in [0, 0.1) is 0 Å². The van der Waals surface area contributed by atoms with Crippen molar-refractivity contribution < 1.29 is 9.53 Å². The number of aldehydes is 1. The smallest absolute Gasteiger partial charge is 0.150 e. The van der Waals surface area contributed by atoms with Crippen molar-refractivity contribution in [1.82, 2.24) is 0 Å². The molecule has 0 aromatic heterocycles. The van der Waals surface area contributed by atoms with Crippen LogP contribution >= 0.6 is 0 Å². The van der Waals surface area contributed by atoms with Crippen molar-refractivity contribution in [3.63, 3.8) is 0 Å². The largest absolute Gasteiger partial charge is 0.490 e. The van der Waals surface area contributed by atoms with Gasteiger partial charge in [0, 0.05) is 16.9 Å². The first-order chi connectivity index (χ1) is 7.33. The van der Waals surface area contributed by atoms with E-state index < -0.39 is 0 Å². The van der Waals surface area contributed by atoms with Crippen LogP contribution in [0.4, 0.5) is 0 Å². The van der Waals surface area contributed by atoms with Crippen LogP contribution in [-0.2, 0) is 6.42 Å². The third-order valence-corrected chi connectivity index (χ3v) is 2.31. The summed E-state index contributed by atoms with van der Waals surface area (Å²) in [4.78, 5) is 13.2. The molecule has 1 atom stereocenters. The number of carbonyl (C=O) groups is 1. The van der Waals surface area contributed by atoms with Crippen molar-refractivity contribution in [3.05, 3.63) is 39.8 Å². The maximum absolute atomic E-state index is 10.6. The zero-order chi connectivity index (χ0) is 10.7. The standard InChI is InChI=1S/C10H9N3O2/c11-13-12-5-9-4-8-3-7(6-14)1-2-10(8)15-9/h1-3,6,9H,4-5H2/t9-/m1/s1. The van der Waals surface area contributed by atoms with Crippen LogP contribution in [0.2, 0.25) is 0 Å². The Balaban J connectivity index is 2.16. The van der Waals surface area contributed by atoms with Crippen LogP contribution in [-0.4, -0.2) is 18.9 Å². The molecule has 0 saturated carbocycles. The SMILES string of the molecule is [N-]=[N+]=NC[C@H]1Cc2cc(C=O)ccc2O1. The molecule has 1 aromatic carbocycles. The molecule has 1 heterocycles. The van der Waals surface area contributed by atoms with Gasteiger partial charge in [-0.25, -0.2) is 0 Å². The second-order valence-electron chi connectivity index (χ2n) is 3.34. The summed E-state index contributed by atoms with van der Waals surface area (Å²) in [6, 6.07) is 5.29. The van der Waals surface area contributed by atoms with Gasteiger partial charge in [0.1, 0.15) is 18.1 Å². The van der Waals surface area contributed by atoms with Crippen LogP contribution in [0.25, 0.3) is 10.4 Å². The van der Waals surface area contributed by atoms with E-state index in [1.165, 1.54) is 0 Å². The molecule has 2 rings (SSSR count). The Labute approximate surface area is 86.3 Å². The van der Waals surface area contributed by atoms with E-state index in [0.29, 0.717) is 18.5 Å². The fourth-order valence-electron chi connectivity index (χ4n) is 1.64. The van der Waals surface area contributed by atoms with E-state index in [1.807, 2.05) is 0 Å². The highest BCUT2D eigenvalue weighted by Crippen LogP contribution is 2.29. The van der Waals surface area contributed by atoms with Crippen molar-refractivity contribution in [2.45, 2.75) is 12.5 Å². The minimum atomic E-state index is -0.0993. The fourth-order valence-corrected chi connectivity index (χ4v) is 1.64. The summed E-state index contributed by atoms with van der Waals surface area (Å²) in [5, 5.41) is 3.47. The van der Waals surface area contributed by atoms with Gasteiger partial charge < -0.3 is 4.74 Å². The number of hydrogen-bond donors (Lipinski definition) is 0. The van der Waals surface area contributed by atoms with Crippen molar-refractivity contribution in [3.8, 4) is 5.75 Å². The number of carbonyl (C=O) groups excluding carboxylic acids is 1. The van der Waals surface area contributed by atoms with E-state index in [1.54, 1.807) is 18.2 Å². The van der Waals surface area contributed by atoms with E-state index in [-0.39, 0.29) is 6.10 Å². The van der Waals surface area contributed by atoms with Crippen LogP contribution in [0.1, 0.15) is 15.9 Å². The van der Waals surface area contributed by atoms with Gasteiger partial charge in [0.15, 0.2) is 0 Å². The molecule has 0 N–H and O–H groups in total. The molecule has 1 aliphatic heterocycles. The highest BCUT2D eigenvalue weighted by atomic mass is 16.5. The van der Waals surface area contributed by atoms with Crippen molar-refractivity contribution >= 4 is 6.29 Å². The Hall–Kier alpha value is -2.00. The molecule has 0 amide bonds. The van der Waals surface area contributed by atoms with E-state index in [4.69, 9.17) is 10.3 Å². The lowest BCUT2D eigenvalue weighted by molar-refractivity contribution is 0.112. The molecule has 0 saturated heterocycles. The molecule has 0 spiro atoms. The van der Waals surface area contributed by atoms with E-state index in [9.17, 15) is 4.79 Å². The quantitative estimate of drug-likeness (QED) is 0.326. The number of nitrogens with zero attached hydrogens (tertiary/aromatic N) is 3. The Morgan fingerprint density at radius 3 is 3.27 bits per heavy atom. The summed E-state index contributed by atoms with van der Waals surface area (Å²) in [6.07, 6.45) is 1.40. The summed E-state index contributed by atoms with van der Waals surface area (Å²) in [7, 11) is 0. The van der Waals surface area contributed by atoms with Crippen molar-refractivity contribution in [2.75, 3.05) is 6.54 Å². The Morgan fingerprint density at radius 1 is 1.67 bits per heavy atom. The van der Waals surface area contributed by atoms with E-state index in [0.717, 1.165) is 17.6 Å². The molecule has 5 heteroatoms. The van der Waals surface area contributed by atoms with E-state index in [2.05, 4.69) is 10.0 Å². The van der Waals surface area contributed by atoms with Crippen LogP contribution in [0.15, 0.2) is 23.3 Å². The normalized spacial score (nSPS) is 17.5. The predicted molar refractivity (Wildman–Crippen MR) is 54.0 cm³/mol. The fraction of sp³-hybridized carbons (Fsp3) is 0.300. The molecule has 0 radical (unpaired) electrons. The van der Waals surface area contributed by atoms with Gasteiger partial charge in [-0.05, 0) is 29.3 Å². The highest BCUT2D eigenvalue weighted by Gasteiger charge is 2.22. The molecule has 15 heavy (non-hydrogen) atoms. The van der Waals surface area contributed by atoms with Crippen molar-refractivity contribution in [2.24, 2.45) is 5.11 Å². The molecular formula is C10H9N3O2. The molecule has 1 aromatic rings. The second kappa shape index (κ2) is 4.02. The number of rotatable bonds is 3. The first kappa shape index (κ1) is 9.55. The minimum absolute atomic E-state index is 0.0993. The average molecular weight is 203 g/mol. The highest BCUT2D eigenvalue weighted by molar-refractivity contribution is 5.75. The molecule has 76 valence electrons. The summed E-state index contributed by atoms with van der Waals surface area (Å²) in [6.45, 7) is 0.321. The number of ether oxygens (including phenoxy) is 1. The van der Waals surface area contributed by atoms with Gasteiger partial charge in [-0.3, -0.25) is 4.79 Å². The van der Waals surface area contributed by atoms with Gasteiger partial charge in [-0.15, -0.1) is 0 Å². The number of azide groups is 1. The van der Waals surface area contributed by atoms with Gasteiger partial charge in [-0.1, -0.05) is 5.11 Å². The summed E-state index contributed by atoms with van der Waals surface area (Å²) in [5.41, 5.74) is 9.82. The maximum Gasteiger partial charge on any atom is 0.150 e. The lowest BCUT2D eigenvalue weighted by Crippen LogP contribution is -2.16. The maximum atomic E-state index is 10.6. The lowest BCUT2D eigenvalue weighted by atomic mass is 10.1. The summed E-state index contributed by atoms with van der Waals surface area (Å²) >= 11 is 0. The van der Waals surface area contributed by atoms with Crippen LogP contribution < -0.4 is 4.74 Å². The topological polar surface area (TPSA) is 75.1 Å². The number of fused-ring (bicyclic) bond motifs is 1. The zero-order valence-electron chi connectivity index (χ0n) is 7.96. The second-order valence-corrected chi connectivity index (χ2v) is 3.34. The van der Waals surface area contributed by atoms with Gasteiger partial charge >= 0.3 is 0 Å². The Kier molecular flexibility index (Phi) is 2.56. The van der Waals surface area contributed by atoms with Gasteiger partial charge in [0.05, 0.1) is 6.54 Å². The molecular weight excluding hydrogens is 194 g/mol. The predicted octanol–water partition coefficient (Wildman–Crippen LogP) is 2.11. The van der Waals surface area contributed by atoms with Gasteiger partial charge in [-0.2, -0.15) is 0 Å². The lowest BCUT2D eigenvalue weighted by Gasteiger charge is -2.05. The molecule has 0 fully saturated rings. The monoisotopic (exact) mass is 203 g/mol. The zero-order valence-corrected chi connectivity index (χ0v) is 7.96. The first-order valence-corrected chi connectivity index (χ1v) is 4.59. The average Bonchev–Trinajstić information content (AvgIpc) is 2.67. The van der Waals surface area contributed by atoms with Gasteiger partial charge in [0.25, 0.3) is 0 Å². The minimum Gasteiger partial charge on any atom is -0.490 e. The third-order valence-electron chi connectivity index (χ3n) is 2.31. The Bertz CT molecular complexity index is 438. The molecule has 0 bridgehead atoms. The van der Waals surface area contributed by atoms with Crippen molar-refractivity contribution in [1.29, 1.82) is 0 Å². The number of benzene rings is 1. The number of hydrogen-bond acceptors (Lipinski definition) is 3. The molecule has 5 nitrogen and oxygen atoms in total. The molecule has 0 unspecified atom stereocenters. The Morgan fingerprint density at radius 2 is 2.53 bits per heavy atom. The molecule has 0 aliphatic carbocycles.